The number of anilines is 2. The van der Waals surface area contributed by atoms with E-state index < -0.39 is 5.92 Å². The second-order valence-electron chi connectivity index (χ2n) is 8.38. The molecule has 5 rings (SSSR count). The van der Waals surface area contributed by atoms with Crippen LogP contribution in [0.15, 0.2) is 48.7 Å². The van der Waals surface area contributed by atoms with Crippen molar-refractivity contribution in [2.75, 3.05) is 24.1 Å². The van der Waals surface area contributed by atoms with Gasteiger partial charge >= 0.3 is 6.03 Å². The molecule has 0 atom stereocenters. The van der Waals surface area contributed by atoms with E-state index >= 15 is 0 Å². The lowest BCUT2D eigenvalue weighted by Crippen LogP contribution is -2.55. The average Bonchev–Trinajstić information content (AvgIpc) is 3.18. The Morgan fingerprint density at radius 3 is 2.61 bits per heavy atom. The van der Waals surface area contributed by atoms with Crippen LogP contribution in [0.3, 0.4) is 0 Å². The Kier molecular flexibility index (Phi) is 5.16. The second kappa shape index (κ2) is 8.04. The summed E-state index contributed by atoms with van der Waals surface area (Å²) in [7, 11) is 0. The van der Waals surface area contributed by atoms with Gasteiger partial charge in [-0.05, 0) is 53.6 Å². The summed E-state index contributed by atoms with van der Waals surface area (Å²) >= 11 is 0. The molecule has 10 heteroatoms. The summed E-state index contributed by atoms with van der Waals surface area (Å²) < 4.78 is 39.3. The number of nitrogens with one attached hydrogen (secondary N) is 1. The van der Waals surface area contributed by atoms with Gasteiger partial charge < -0.3 is 10.6 Å². The Balaban J connectivity index is 1.25. The Bertz CT molecular complexity index is 1210. The fourth-order valence-corrected chi connectivity index (χ4v) is 4.05. The molecule has 1 fully saturated rings. The molecular formula is C23H21F3N6O. The van der Waals surface area contributed by atoms with Crippen LogP contribution in [0.25, 0.3) is 11.3 Å². The van der Waals surface area contributed by atoms with Gasteiger partial charge in [0.1, 0.15) is 5.82 Å². The normalized spacial score (nSPS) is 16.9. The highest BCUT2D eigenvalue weighted by Crippen LogP contribution is 2.30. The molecule has 7 nitrogen and oxygen atoms in total. The molecular weight excluding hydrogens is 433 g/mol. The molecule has 2 amide bonds. The lowest BCUT2D eigenvalue weighted by molar-refractivity contribution is -0.133. The van der Waals surface area contributed by atoms with E-state index in [0.29, 0.717) is 36.6 Å². The second-order valence-corrected chi connectivity index (χ2v) is 8.38. The molecule has 0 radical (unpaired) electrons. The monoisotopic (exact) mass is 454 g/mol. The van der Waals surface area contributed by atoms with Gasteiger partial charge in [0.05, 0.1) is 36.7 Å². The van der Waals surface area contributed by atoms with Crippen LogP contribution in [0.5, 0.6) is 0 Å². The number of alkyl halides is 2. The maximum Gasteiger partial charge on any atom is 0.323 e. The summed E-state index contributed by atoms with van der Waals surface area (Å²) in [6.07, 6.45) is 1.67. The number of benzene rings is 1. The minimum Gasteiger partial charge on any atom is -0.396 e. The van der Waals surface area contributed by atoms with Gasteiger partial charge in [-0.2, -0.15) is 0 Å². The number of carbonyl (C=O) groups is 1. The van der Waals surface area contributed by atoms with Gasteiger partial charge in [-0.1, -0.05) is 0 Å². The van der Waals surface area contributed by atoms with Crippen molar-refractivity contribution < 1.29 is 18.0 Å². The number of fused-ring (bicyclic) bond motifs is 1. The molecule has 1 aromatic carbocycles. The lowest BCUT2D eigenvalue weighted by atomic mass is 10.1. The fraction of sp³-hybridized carbons (Fsp3) is 0.261. The summed E-state index contributed by atoms with van der Waals surface area (Å²) in [6.45, 7) is 0.573. The van der Waals surface area contributed by atoms with E-state index in [9.17, 15) is 18.0 Å². The van der Waals surface area contributed by atoms with E-state index in [1.165, 1.54) is 12.1 Å². The zero-order valence-electron chi connectivity index (χ0n) is 17.6. The van der Waals surface area contributed by atoms with Crippen LogP contribution in [-0.2, 0) is 19.6 Å². The number of likely N-dealkylation sites (tertiary alicyclic amines) is 1. The summed E-state index contributed by atoms with van der Waals surface area (Å²) in [4.78, 5) is 24.9. The van der Waals surface area contributed by atoms with E-state index in [4.69, 9.17) is 5.73 Å². The summed E-state index contributed by atoms with van der Waals surface area (Å²) in [6, 6.07) is 10.7. The van der Waals surface area contributed by atoms with Gasteiger partial charge in [-0.25, -0.2) is 22.9 Å². The number of nitrogen functional groups attached to an aromatic ring is 1. The minimum atomic E-state index is -2.61. The number of halogens is 3. The van der Waals surface area contributed by atoms with Gasteiger partial charge in [0, 0.05) is 24.8 Å². The molecule has 2 aromatic heterocycles. The maximum atomic E-state index is 13.2. The van der Waals surface area contributed by atoms with Crippen molar-refractivity contribution in [3.05, 3.63) is 71.3 Å². The largest absolute Gasteiger partial charge is 0.396 e. The quantitative estimate of drug-likeness (QED) is 0.625. The molecule has 0 unspecified atom stereocenters. The minimum absolute atomic E-state index is 0.213. The molecule has 33 heavy (non-hydrogen) atoms. The smallest absolute Gasteiger partial charge is 0.323 e. The summed E-state index contributed by atoms with van der Waals surface area (Å²) in [5.41, 5.74) is 10.0. The Labute approximate surface area is 188 Å². The zero-order chi connectivity index (χ0) is 23.2. The number of nitrogens with two attached hydrogens (primary N) is 1. The molecule has 0 saturated carbocycles. The van der Waals surface area contributed by atoms with E-state index in [2.05, 4.69) is 15.3 Å². The predicted molar refractivity (Wildman–Crippen MR) is 117 cm³/mol. The number of carbonyl (C=O) groups excluding carboxylic acids is 1. The molecule has 0 aliphatic carbocycles. The molecule has 2 aliphatic rings. The fourth-order valence-electron chi connectivity index (χ4n) is 4.05. The molecule has 4 heterocycles. The molecule has 2 aliphatic heterocycles. The molecule has 0 spiro atoms. The van der Waals surface area contributed by atoms with Gasteiger partial charge in [0.2, 0.25) is 0 Å². The number of hydrogen-bond acceptors (Lipinski definition) is 5. The number of rotatable bonds is 4. The van der Waals surface area contributed by atoms with Crippen LogP contribution in [0.1, 0.15) is 16.8 Å². The maximum absolute atomic E-state index is 13.2. The first kappa shape index (κ1) is 21.2. The van der Waals surface area contributed by atoms with E-state index in [0.717, 1.165) is 16.8 Å². The lowest BCUT2D eigenvalue weighted by Gasteiger charge is -2.38. The van der Waals surface area contributed by atoms with Crippen molar-refractivity contribution in [3.63, 3.8) is 0 Å². The first-order valence-corrected chi connectivity index (χ1v) is 10.4. The van der Waals surface area contributed by atoms with Crippen LogP contribution >= 0.6 is 0 Å². The van der Waals surface area contributed by atoms with Crippen LogP contribution in [0, 0.1) is 5.82 Å². The van der Waals surface area contributed by atoms with E-state index in [1.54, 1.807) is 40.3 Å². The van der Waals surface area contributed by atoms with Crippen molar-refractivity contribution in [2.45, 2.75) is 25.6 Å². The van der Waals surface area contributed by atoms with Gasteiger partial charge in [0.25, 0.3) is 5.92 Å². The Hall–Kier alpha value is -3.66. The van der Waals surface area contributed by atoms with Crippen molar-refractivity contribution in [1.29, 1.82) is 0 Å². The van der Waals surface area contributed by atoms with Crippen molar-refractivity contribution in [1.82, 2.24) is 19.8 Å². The van der Waals surface area contributed by atoms with Crippen LogP contribution in [0.4, 0.5) is 29.5 Å². The highest BCUT2D eigenvalue weighted by Gasteiger charge is 2.43. The van der Waals surface area contributed by atoms with Crippen molar-refractivity contribution in [2.24, 2.45) is 0 Å². The first-order valence-electron chi connectivity index (χ1n) is 10.4. The molecule has 1 saturated heterocycles. The van der Waals surface area contributed by atoms with Crippen LogP contribution in [0.2, 0.25) is 0 Å². The first-order chi connectivity index (χ1) is 15.8. The van der Waals surface area contributed by atoms with E-state index in [1.807, 2.05) is 6.07 Å². The summed E-state index contributed by atoms with van der Waals surface area (Å²) in [5, 5.41) is 2.74. The SMILES string of the molecule is Nc1ccc(-c2ccc(F)cc2)nc1NC(=O)N1Cc2cc(CN3CC(F)(F)C3)cnc2C1. The summed E-state index contributed by atoms with van der Waals surface area (Å²) in [5.74, 6) is -2.75. The Morgan fingerprint density at radius 2 is 1.88 bits per heavy atom. The van der Waals surface area contributed by atoms with Crippen LogP contribution in [-0.4, -0.2) is 44.8 Å². The topological polar surface area (TPSA) is 87.4 Å². The van der Waals surface area contributed by atoms with Gasteiger partial charge in [0.15, 0.2) is 5.82 Å². The van der Waals surface area contributed by atoms with Gasteiger partial charge in [-0.15, -0.1) is 0 Å². The highest BCUT2D eigenvalue weighted by molar-refractivity contribution is 5.92. The number of urea groups is 1. The molecule has 170 valence electrons. The van der Waals surface area contributed by atoms with Crippen LogP contribution < -0.4 is 11.1 Å². The zero-order valence-corrected chi connectivity index (χ0v) is 17.6. The number of aromatic nitrogens is 2. The molecule has 0 bridgehead atoms. The number of nitrogens with zero attached hydrogens (tertiary/aromatic N) is 4. The number of amides is 2. The van der Waals surface area contributed by atoms with Crippen molar-refractivity contribution >= 4 is 17.5 Å². The van der Waals surface area contributed by atoms with Crippen molar-refractivity contribution in [3.8, 4) is 11.3 Å². The third-order valence-electron chi connectivity index (χ3n) is 5.71. The molecule has 3 N–H and O–H groups in total. The Morgan fingerprint density at radius 1 is 1.12 bits per heavy atom. The van der Waals surface area contributed by atoms with Gasteiger partial charge in [-0.3, -0.25) is 15.2 Å². The predicted octanol–water partition coefficient (Wildman–Crippen LogP) is 3.86. The number of pyridine rings is 2. The third-order valence-corrected chi connectivity index (χ3v) is 5.71. The molecule has 3 aromatic rings. The average molecular weight is 454 g/mol. The standard InChI is InChI=1S/C23H21F3N6O/c24-17-3-1-15(2-4-17)19-6-5-18(27)21(29-19)30-22(33)32-10-16-7-14(8-28-20(16)11-32)9-31-12-23(25,26)13-31/h1-8H,9-13,27H2,(H,29,30,33). The third kappa shape index (κ3) is 4.47. The number of hydrogen-bond donors (Lipinski definition) is 2. The van der Waals surface area contributed by atoms with E-state index in [-0.39, 0.29) is 30.8 Å². The highest BCUT2D eigenvalue weighted by atomic mass is 19.3.